The first-order valence-corrected chi connectivity index (χ1v) is 8.54. The van der Waals surface area contributed by atoms with E-state index in [2.05, 4.69) is 15.7 Å². The molecule has 2 fully saturated rings. The van der Waals surface area contributed by atoms with Gasteiger partial charge in [-0.25, -0.2) is 0 Å². The van der Waals surface area contributed by atoms with Gasteiger partial charge >= 0.3 is 0 Å². The van der Waals surface area contributed by atoms with Crippen molar-refractivity contribution in [2.75, 3.05) is 26.2 Å². The van der Waals surface area contributed by atoms with Crippen molar-refractivity contribution in [2.24, 2.45) is 0 Å². The van der Waals surface area contributed by atoms with E-state index < -0.39 is 0 Å². The third-order valence-electron chi connectivity index (χ3n) is 4.56. The summed E-state index contributed by atoms with van der Waals surface area (Å²) in [6, 6.07) is 0.300. The van der Waals surface area contributed by atoms with E-state index in [4.69, 9.17) is 0 Å². The maximum absolute atomic E-state index is 12.4. The van der Waals surface area contributed by atoms with E-state index in [9.17, 15) is 9.59 Å². The quantitative estimate of drug-likeness (QED) is 0.837. The minimum atomic E-state index is -0.0267. The summed E-state index contributed by atoms with van der Waals surface area (Å²) in [4.78, 5) is 26.3. The Balaban J connectivity index is 0.00000208. The zero-order valence-electron chi connectivity index (χ0n) is 13.9. The summed E-state index contributed by atoms with van der Waals surface area (Å²) in [5.41, 5.74) is 0.553. The van der Waals surface area contributed by atoms with Crippen LogP contribution in [0.2, 0.25) is 0 Å². The number of rotatable bonds is 4. The second-order valence-electron chi connectivity index (χ2n) is 6.37. The van der Waals surface area contributed by atoms with Crippen LogP contribution < -0.4 is 10.6 Å². The minimum absolute atomic E-state index is 0. The van der Waals surface area contributed by atoms with Crippen LogP contribution in [0, 0.1) is 0 Å². The number of nitrogens with zero attached hydrogens (tertiary/aromatic N) is 3. The van der Waals surface area contributed by atoms with Gasteiger partial charge in [-0.2, -0.15) is 5.10 Å². The summed E-state index contributed by atoms with van der Waals surface area (Å²) in [7, 11) is 0. The summed E-state index contributed by atoms with van der Waals surface area (Å²) < 4.78 is 1.55. The summed E-state index contributed by atoms with van der Waals surface area (Å²) in [6.07, 6.45) is 9.01. The molecule has 0 radical (unpaired) electrons. The van der Waals surface area contributed by atoms with Crippen molar-refractivity contribution in [3.8, 4) is 0 Å². The van der Waals surface area contributed by atoms with Gasteiger partial charge in [-0.3, -0.25) is 14.3 Å². The zero-order chi connectivity index (χ0) is 16.1. The molecular weight excluding hydrogens is 330 g/mol. The third kappa shape index (κ3) is 4.95. The molecule has 1 aliphatic carbocycles. The fraction of sp³-hybridized carbons (Fsp3) is 0.688. The van der Waals surface area contributed by atoms with Crippen molar-refractivity contribution < 1.29 is 9.59 Å². The molecular formula is C16H26ClN5O2. The molecule has 1 saturated carbocycles. The predicted molar refractivity (Wildman–Crippen MR) is 93.3 cm³/mol. The van der Waals surface area contributed by atoms with Gasteiger partial charge in [0.1, 0.15) is 6.54 Å². The van der Waals surface area contributed by atoms with E-state index >= 15 is 0 Å². The molecule has 1 aliphatic heterocycles. The van der Waals surface area contributed by atoms with Crippen LogP contribution in [-0.2, 0) is 11.3 Å². The van der Waals surface area contributed by atoms with Crippen LogP contribution in [0.15, 0.2) is 12.4 Å². The lowest BCUT2D eigenvalue weighted by atomic mass is 9.95. The highest BCUT2D eigenvalue weighted by molar-refractivity contribution is 5.93. The van der Waals surface area contributed by atoms with E-state index in [0.717, 1.165) is 25.9 Å². The number of aromatic nitrogens is 2. The number of hydrogen-bond acceptors (Lipinski definition) is 4. The van der Waals surface area contributed by atoms with Gasteiger partial charge < -0.3 is 15.5 Å². The Morgan fingerprint density at radius 1 is 1.21 bits per heavy atom. The SMILES string of the molecule is Cl.O=C(Cn1cc(C(=O)N2CCNCC2)cn1)NC1CCCCC1. The van der Waals surface area contributed by atoms with E-state index in [1.54, 1.807) is 17.1 Å². The monoisotopic (exact) mass is 355 g/mol. The van der Waals surface area contributed by atoms with Gasteiger partial charge in [0.25, 0.3) is 5.91 Å². The van der Waals surface area contributed by atoms with Crippen molar-refractivity contribution >= 4 is 24.2 Å². The fourth-order valence-corrected chi connectivity index (χ4v) is 3.28. The van der Waals surface area contributed by atoms with Crippen LogP contribution in [-0.4, -0.2) is 58.7 Å². The van der Waals surface area contributed by atoms with Gasteiger partial charge in [-0.05, 0) is 12.8 Å². The predicted octanol–water partition coefficient (Wildman–Crippen LogP) is 0.799. The first kappa shape index (κ1) is 18.7. The molecule has 3 rings (SSSR count). The topological polar surface area (TPSA) is 79.3 Å². The molecule has 134 valence electrons. The van der Waals surface area contributed by atoms with Crippen LogP contribution in [0.3, 0.4) is 0 Å². The van der Waals surface area contributed by atoms with E-state index in [-0.39, 0.29) is 30.8 Å². The fourth-order valence-electron chi connectivity index (χ4n) is 3.28. The van der Waals surface area contributed by atoms with Crippen LogP contribution in [0.25, 0.3) is 0 Å². The van der Waals surface area contributed by atoms with Crippen molar-refractivity contribution in [3.63, 3.8) is 0 Å². The maximum Gasteiger partial charge on any atom is 0.257 e. The Labute approximate surface area is 148 Å². The van der Waals surface area contributed by atoms with E-state index in [1.165, 1.54) is 19.3 Å². The Kier molecular flexibility index (Phi) is 7.05. The Hall–Kier alpha value is -1.60. The van der Waals surface area contributed by atoms with Crippen LogP contribution in [0.4, 0.5) is 0 Å². The molecule has 8 heteroatoms. The number of nitrogens with one attached hydrogen (secondary N) is 2. The van der Waals surface area contributed by atoms with Gasteiger partial charge in [-0.1, -0.05) is 19.3 Å². The molecule has 2 heterocycles. The molecule has 24 heavy (non-hydrogen) atoms. The lowest BCUT2D eigenvalue weighted by molar-refractivity contribution is -0.122. The van der Waals surface area contributed by atoms with Crippen molar-refractivity contribution in [1.29, 1.82) is 0 Å². The molecule has 0 aromatic carbocycles. The van der Waals surface area contributed by atoms with Crippen molar-refractivity contribution in [1.82, 2.24) is 25.3 Å². The molecule has 0 unspecified atom stereocenters. The van der Waals surface area contributed by atoms with Crippen LogP contribution in [0.5, 0.6) is 0 Å². The van der Waals surface area contributed by atoms with Gasteiger partial charge in [0.05, 0.1) is 11.8 Å². The molecule has 1 saturated heterocycles. The summed E-state index contributed by atoms with van der Waals surface area (Å²) in [5.74, 6) is -0.0355. The van der Waals surface area contributed by atoms with Crippen molar-refractivity contribution in [3.05, 3.63) is 18.0 Å². The van der Waals surface area contributed by atoms with Gasteiger partial charge in [0.15, 0.2) is 0 Å². The van der Waals surface area contributed by atoms with Crippen LogP contribution in [0.1, 0.15) is 42.5 Å². The number of amides is 2. The summed E-state index contributed by atoms with van der Waals surface area (Å²) >= 11 is 0. The van der Waals surface area contributed by atoms with E-state index in [1.807, 2.05) is 4.90 Å². The average Bonchev–Trinajstić information content (AvgIpc) is 3.04. The number of carbonyl (C=O) groups excluding carboxylic acids is 2. The van der Waals surface area contributed by atoms with Gasteiger partial charge in [-0.15, -0.1) is 12.4 Å². The second kappa shape index (κ2) is 9.03. The van der Waals surface area contributed by atoms with Crippen LogP contribution >= 0.6 is 12.4 Å². The molecule has 7 nitrogen and oxygen atoms in total. The molecule has 2 N–H and O–H groups in total. The highest BCUT2D eigenvalue weighted by Gasteiger charge is 2.20. The largest absolute Gasteiger partial charge is 0.352 e. The number of piperazine rings is 1. The second-order valence-corrected chi connectivity index (χ2v) is 6.37. The average molecular weight is 356 g/mol. The number of halogens is 1. The normalized spacial score (nSPS) is 18.8. The molecule has 2 amide bonds. The first-order valence-electron chi connectivity index (χ1n) is 8.54. The molecule has 0 bridgehead atoms. The maximum atomic E-state index is 12.4. The molecule has 0 atom stereocenters. The number of hydrogen-bond donors (Lipinski definition) is 2. The van der Waals surface area contributed by atoms with E-state index in [0.29, 0.717) is 24.7 Å². The standard InChI is InChI=1S/C16H25N5O2.ClH/c22-15(19-14-4-2-1-3-5-14)12-21-11-13(10-18-21)16(23)20-8-6-17-7-9-20;/h10-11,14,17H,1-9,12H2,(H,19,22);1H. The lowest BCUT2D eigenvalue weighted by Crippen LogP contribution is -2.46. The van der Waals surface area contributed by atoms with Gasteiger partial charge in [0, 0.05) is 38.4 Å². The highest BCUT2D eigenvalue weighted by Crippen LogP contribution is 2.17. The summed E-state index contributed by atoms with van der Waals surface area (Å²) in [5, 5.41) is 10.4. The molecule has 1 aromatic heterocycles. The highest BCUT2D eigenvalue weighted by atomic mass is 35.5. The smallest absolute Gasteiger partial charge is 0.257 e. The molecule has 2 aliphatic rings. The summed E-state index contributed by atoms with van der Waals surface area (Å²) in [6.45, 7) is 3.25. The Bertz CT molecular complexity index is 550. The minimum Gasteiger partial charge on any atom is -0.352 e. The number of carbonyl (C=O) groups is 2. The Morgan fingerprint density at radius 2 is 1.92 bits per heavy atom. The van der Waals surface area contributed by atoms with Crippen molar-refractivity contribution in [2.45, 2.75) is 44.7 Å². The Morgan fingerprint density at radius 3 is 2.62 bits per heavy atom. The molecule has 0 spiro atoms. The first-order chi connectivity index (χ1) is 11.2. The van der Waals surface area contributed by atoms with Gasteiger partial charge in [0.2, 0.25) is 5.91 Å². The zero-order valence-corrected chi connectivity index (χ0v) is 14.7. The molecule has 1 aromatic rings. The third-order valence-corrected chi connectivity index (χ3v) is 4.56. The lowest BCUT2D eigenvalue weighted by Gasteiger charge is -2.26.